The van der Waals surface area contributed by atoms with Crippen LogP contribution in [0.4, 0.5) is 24.5 Å². The Morgan fingerprint density at radius 1 is 1.00 bits per heavy atom. The van der Waals surface area contributed by atoms with Gasteiger partial charge in [0, 0.05) is 24.6 Å². The van der Waals surface area contributed by atoms with Gasteiger partial charge in [-0.25, -0.2) is 0 Å². The molecule has 0 atom stereocenters. The van der Waals surface area contributed by atoms with Crippen LogP contribution >= 0.6 is 0 Å². The molecule has 2 N–H and O–H groups in total. The van der Waals surface area contributed by atoms with Gasteiger partial charge in [-0.15, -0.1) is 0 Å². The minimum absolute atomic E-state index is 0.248. The molecule has 7 heteroatoms. The Morgan fingerprint density at radius 2 is 1.81 bits per heavy atom. The molecule has 0 saturated heterocycles. The number of para-hydroxylation sites is 1. The molecule has 27 heavy (non-hydrogen) atoms. The lowest BCUT2D eigenvalue weighted by Crippen LogP contribution is -2.23. The molecule has 2 aromatic carbocycles. The van der Waals surface area contributed by atoms with Crippen LogP contribution in [0.15, 0.2) is 73.1 Å². The minimum atomic E-state index is -4.43. The molecule has 0 spiro atoms. The van der Waals surface area contributed by atoms with Crippen molar-refractivity contribution in [1.29, 1.82) is 0 Å². The SMILES string of the molecule is O=C(NCc1cccnc1)c1ccccc1Nc1cccc(C(F)(F)F)c1. The summed E-state index contributed by atoms with van der Waals surface area (Å²) in [5, 5.41) is 5.67. The zero-order chi connectivity index (χ0) is 19.3. The highest BCUT2D eigenvalue weighted by Gasteiger charge is 2.30. The van der Waals surface area contributed by atoms with E-state index in [-0.39, 0.29) is 11.6 Å². The molecule has 4 nitrogen and oxygen atoms in total. The monoisotopic (exact) mass is 371 g/mol. The number of alkyl halides is 3. The van der Waals surface area contributed by atoms with Crippen molar-refractivity contribution in [3.05, 3.63) is 89.7 Å². The van der Waals surface area contributed by atoms with Crippen LogP contribution < -0.4 is 10.6 Å². The van der Waals surface area contributed by atoms with E-state index in [1.807, 2.05) is 6.07 Å². The van der Waals surface area contributed by atoms with E-state index in [9.17, 15) is 18.0 Å². The van der Waals surface area contributed by atoms with Gasteiger partial charge in [0.1, 0.15) is 0 Å². The van der Waals surface area contributed by atoms with Gasteiger partial charge < -0.3 is 10.6 Å². The van der Waals surface area contributed by atoms with Crippen molar-refractivity contribution in [3.63, 3.8) is 0 Å². The molecule has 0 unspecified atom stereocenters. The summed E-state index contributed by atoms with van der Waals surface area (Å²) >= 11 is 0. The summed E-state index contributed by atoms with van der Waals surface area (Å²) in [6.45, 7) is 0.296. The summed E-state index contributed by atoms with van der Waals surface area (Å²) in [6, 6.07) is 15.1. The molecular weight excluding hydrogens is 355 g/mol. The molecule has 0 aliphatic carbocycles. The molecule has 0 aliphatic heterocycles. The first-order valence-electron chi connectivity index (χ1n) is 8.14. The van der Waals surface area contributed by atoms with E-state index in [2.05, 4.69) is 15.6 Å². The number of anilines is 2. The number of halogens is 3. The van der Waals surface area contributed by atoms with Gasteiger partial charge >= 0.3 is 6.18 Å². The lowest BCUT2D eigenvalue weighted by Gasteiger charge is -2.14. The molecule has 3 rings (SSSR count). The fraction of sp³-hybridized carbons (Fsp3) is 0.100. The van der Waals surface area contributed by atoms with E-state index in [0.717, 1.165) is 17.7 Å². The quantitative estimate of drug-likeness (QED) is 0.679. The molecule has 0 fully saturated rings. The average molecular weight is 371 g/mol. The third-order valence-corrected chi connectivity index (χ3v) is 3.82. The Morgan fingerprint density at radius 3 is 2.56 bits per heavy atom. The maximum atomic E-state index is 12.9. The molecule has 0 bridgehead atoms. The molecule has 1 heterocycles. The van der Waals surface area contributed by atoms with Crippen LogP contribution in [0.25, 0.3) is 0 Å². The van der Waals surface area contributed by atoms with E-state index < -0.39 is 11.7 Å². The standard InChI is InChI=1S/C20H16F3N3O/c21-20(22,23)15-6-3-7-16(11-15)26-18-9-2-1-8-17(18)19(27)25-13-14-5-4-10-24-12-14/h1-12,26H,13H2,(H,25,27). The Bertz CT molecular complexity index is 927. The first-order valence-corrected chi connectivity index (χ1v) is 8.14. The zero-order valence-electron chi connectivity index (χ0n) is 14.1. The number of carbonyl (C=O) groups is 1. The van der Waals surface area contributed by atoms with Crippen LogP contribution in [0.1, 0.15) is 21.5 Å². The number of hydrogen-bond donors (Lipinski definition) is 2. The first-order chi connectivity index (χ1) is 12.9. The van der Waals surface area contributed by atoms with Gasteiger partial charge in [0.05, 0.1) is 16.8 Å². The van der Waals surface area contributed by atoms with Crippen LogP contribution in [0, 0.1) is 0 Å². The predicted molar refractivity (Wildman–Crippen MR) is 96.6 cm³/mol. The highest BCUT2D eigenvalue weighted by molar-refractivity contribution is 6.00. The Kier molecular flexibility index (Phi) is 5.40. The summed E-state index contributed by atoms with van der Waals surface area (Å²) in [5.41, 5.74) is 1.08. The second-order valence-corrected chi connectivity index (χ2v) is 5.79. The van der Waals surface area contributed by atoms with Gasteiger partial charge in [-0.1, -0.05) is 24.3 Å². The fourth-order valence-corrected chi connectivity index (χ4v) is 2.50. The molecule has 1 amide bonds. The van der Waals surface area contributed by atoms with Crippen molar-refractivity contribution in [1.82, 2.24) is 10.3 Å². The van der Waals surface area contributed by atoms with Gasteiger partial charge in [-0.2, -0.15) is 13.2 Å². The van der Waals surface area contributed by atoms with Gasteiger partial charge in [0.15, 0.2) is 0 Å². The predicted octanol–water partition coefficient (Wildman–Crippen LogP) is 4.77. The molecule has 0 radical (unpaired) electrons. The van der Waals surface area contributed by atoms with E-state index in [0.29, 0.717) is 17.8 Å². The molecule has 0 aliphatic rings. The lowest BCUT2D eigenvalue weighted by atomic mass is 10.1. The van der Waals surface area contributed by atoms with Crippen LogP contribution in [-0.2, 0) is 12.7 Å². The second-order valence-electron chi connectivity index (χ2n) is 5.79. The Balaban J connectivity index is 1.77. The van der Waals surface area contributed by atoms with E-state index >= 15 is 0 Å². The highest BCUT2D eigenvalue weighted by Crippen LogP contribution is 2.31. The number of nitrogens with zero attached hydrogens (tertiary/aromatic N) is 1. The highest BCUT2D eigenvalue weighted by atomic mass is 19.4. The van der Waals surface area contributed by atoms with E-state index in [1.54, 1.807) is 42.7 Å². The van der Waals surface area contributed by atoms with Crippen molar-refractivity contribution in [2.45, 2.75) is 12.7 Å². The number of rotatable bonds is 5. The lowest BCUT2D eigenvalue weighted by molar-refractivity contribution is -0.137. The summed E-state index contributed by atoms with van der Waals surface area (Å²) in [5.74, 6) is -0.339. The molecule has 1 aromatic heterocycles. The largest absolute Gasteiger partial charge is 0.416 e. The van der Waals surface area contributed by atoms with E-state index in [1.165, 1.54) is 12.1 Å². The topological polar surface area (TPSA) is 54.0 Å². The third kappa shape index (κ3) is 4.84. The fourth-order valence-electron chi connectivity index (χ4n) is 2.50. The molecular formula is C20H16F3N3O. The number of aromatic nitrogens is 1. The number of carbonyl (C=O) groups excluding carboxylic acids is 1. The van der Waals surface area contributed by atoms with Crippen molar-refractivity contribution >= 4 is 17.3 Å². The maximum Gasteiger partial charge on any atom is 0.416 e. The Labute approximate surface area is 154 Å². The maximum absolute atomic E-state index is 12.9. The average Bonchev–Trinajstić information content (AvgIpc) is 2.67. The first kappa shape index (κ1) is 18.4. The minimum Gasteiger partial charge on any atom is -0.355 e. The van der Waals surface area contributed by atoms with Gasteiger partial charge in [-0.05, 0) is 42.0 Å². The van der Waals surface area contributed by atoms with Crippen LogP contribution in [0.5, 0.6) is 0 Å². The van der Waals surface area contributed by atoms with Crippen LogP contribution in [-0.4, -0.2) is 10.9 Å². The van der Waals surface area contributed by atoms with Crippen LogP contribution in [0.3, 0.4) is 0 Å². The second kappa shape index (κ2) is 7.90. The number of benzene rings is 2. The van der Waals surface area contributed by atoms with Crippen LogP contribution in [0.2, 0.25) is 0 Å². The summed E-state index contributed by atoms with van der Waals surface area (Å²) in [4.78, 5) is 16.5. The van der Waals surface area contributed by atoms with Crippen molar-refractivity contribution in [2.24, 2.45) is 0 Å². The number of hydrogen-bond acceptors (Lipinski definition) is 3. The van der Waals surface area contributed by atoms with Crippen molar-refractivity contribution in [2.75, 3.05) is 5.32 Å². The summed E-state index contributed by atoms with van der Waals surface area (Å²) in [7, 11) is 0. The normalized spacial score (nSPS) is 11.1. The molecule has 3 aromatic rings. The van der Waals surface area contributed by atoms with Gasteiger partial charge in [0.25, 0.3) is 5.91 Å². The number of pyridine rings is 1. The summed E-state index contributed by atoms with van der Waals surface area (Å²) < 4.78 is 38.6. The van der Waals surface area contributed by atoms with Gasteiger partial charge in [-0.3, -0.25) is 9.78 Å². The van der Waals surface area contributed by atoms with Crippen molar-refractivity contribution in [3.8, 4) is 0 Å². The molecule has 138 valence electrons. The molecule has 0 saturated carbocycles. The van der Waals surface area contributed by atoms with Crippen molar-refractivity contribution < 1.29 is 18.0 Å². The van der Waals surface area contributed by atoms with Gasteiger partial charge in [0.2, 0.25) is 0 Å². The smallest absolute Gasteiger partial charge is 0.355 e. The summed E-state index contributed by atoms with van der Waals surface area (Å²) in [6.07, 6.45) is -1.15. The third-order valence-electron chi connectivity index (χ3n) is 3.82. The Hall–Kier alpha value is -3.35. The number of amides is 1. The number of nitrogens with one attached hydrogen (secondary N) is 2. The van der Waals surface area contributed by atoms with E-state index in [4.69, 9.17) is 0 Å². The zero-order valence-corrected chi connectivity index (χ0v) is 14.1.